The van der Waals surface area contributed by atoms with E-state index in [-0.39, 0.29) is 13.0 Å². The van der Waals surface area contributed by atoms with Crippen molar-refractivity contribution in [2.75, 3.05) is 6.61 Å². The molecule has 0 aliphatic carbocycles. The molecular formula is C15H18F3NO4S. The Bertz CT molecular complexity index is 654. The molecule has 1 heterocycles. The minimum atomic E-state index is -4.44. The van der Waals surface area contributed by atoms with Gasteiger partial charge in [-0.25, -0.2) is 9.00 Å². The number of hydrogen-bond donors (Lipinski definition) is 1. The Labute approximate surface area is 140 Å². The quantitative estimate of drug-likeness (QED) is 0.869. The molecule has 0 aromatic heterocycles. The standard InChI is InChI=1S/C15H18F3NO4S/c1-13(2,3)14(9-23-24(22)19(14)12(20)21)8-10-4-6-11(7-5-10)15(16,17)18/h4-7H,8-9H2,1-3H3,(H,20,21)/t14?,24-/m1/s1. The topological polar surface area (TPSA) is 66.8 Å². The van der Waals surface area contributed by atoms with Crippen molar-refractivity contribution in [3.63, 3.8) is 0 Å². The molecule has 1 aliphatic rings. The summed E-state index contributed by atoms with van der Waals surface area (Å²) >= 11 is -2.14. The normalized spacial score (nSPS) is 25.1. The van der Waals surface area contributed by atoms with Crippen molar-refractivity contribution >= 4 is 17.4 Å². The molecule has 24 heavy (non-hydrogen) atoms. The predicted octanol–water partition coefficient (Wildman–Crippen LogP) is 3.62. The molecule has 1 aliphatic heterocycles. The second kappa shape index (κ2) is 6.03. The molecular weight excluding hydrogens is 347 g/mol. The number of hydrogen-bond acceptors (Lipinski definition) is 3. The lowest BCUT2D eigenvalue weighted by molar-refractivity contribution is -0.137. The van der Waals surface area contributed by atoms with Crippen LogP contribution in [0, 0.1) is 5.41 Å². The first-order valence-corrected chi connectivity index (χ1v) is 8.16. The van der Waals surface area contributed by atoms with Crippen LogP contribution in [0.3, 0.4) is 0 Å². The van der Waals surface area contributed by atoms with Gasteiger partial charge in [0.1, 0.15) is 0 Å². The van der Waals surface area contributed by atoms with E-state index in [9.17, 15) is 27.3 Å². The molecule has 1 unspecified atom stereocenters. The van der Waals surface area contributed by atoms with Crippen molar-refractivity contribution < 1.29 is 31.5 Å². The van der Waals surface area contributed by atoms with Gasteiger partial charge in [0.2, 0.25) is 0 Å². The first kappa shape index (κ1) is 18.7. The molecule has 1 aromatic rings. The number of alkyl halides is 3. The molecule has 0 bridgehead atoms. The highest BCUT2D eigenvalue weighted by atomic mass is 32.2. The predicted molar refractivity (Wildman–Crippen MR) is 81.3 cm³/mol. The minimum absolute atomic E-state index is 0.0900. The van der Waals surface area contributed by atoms with E-state index in [1.807, 2.05) is 0 Å². The van der Waals surface area contributed by atoms with Crippen molar-refractivity contribution in [2.45, 2.75) is 38.9 Å². The van der Waals surface area contributed by atoms with Crippen LogP contribution in [-0.2, 0) is 28.0 Å². The van der Waals surface area contributed by atoms with Crippen LogP contribution in [0.5, 0.6) is 0 Å². The van der Waals surface area contributed by atoms with Gasteiger partial charge in [-0.15, -0.1) is 0 Å². The summed E-state index contributed by atoms with van der Waals surface area (Å²) in [7, 11) is 0. The lowest BCUT2D eigenvalue weighted by atomic mass is 9.70. The van der Waals surface area contributed by atoms with Crippen LogP contribution in [0.25, 0.3) is 0 Å². The molecule has 1 aromatic carbocycles. The van der Waals surface area contributed by atoms with Crippen molar-refractivity contribution in [1.82, 2.24) is 4.31 Å². The number of halogens is 3. The van der Waals surface area contributed by atoms with Gasteiger partial charge in [0.25, 0.3) is 11.3 Å². The summed E-state index contributed by atoms with van der Waals surface area (Å²) in [5.74, 6) is 0. The summed E-state index contributed by atoms with van der Waals surface area (Å²) in [6, 6.07) is 4.50. The van der Waals surface area contributed by atoms with E-state index in [2.05, 4.69) is 0 Å². The van der Waals surface area contributed by atoms with Crippen LogP contribution >= 0.6 is 0 Å². The van der Waals surface area contributed by atoms with Crippen molar-refractivity contribution in [3.8, 4) is 0 Å². The maximum absolute atomic E-state index is 12.7. The average molecular weight is 365 g/mol. The molecule has 1 saturated heterocycles. The van der Waals surface area contributed by atoms with Gasteiger partial charge >= 0.3 is 12.3 Å². The number of rotatable bonds is 2. The van der Waals surface area contributed by atoms with E-state index in [4.69, 9.17) is 4.18 Å². The Morgan fingerprint density at radius 3 is 2.25 bits per heavy atom. The van der Waals surface area contributed by atoms with Crippen LogP contribution < -0.4 is 0 Å². The van der Waals surface area contributed by atoms with Gasteiger partial charge in [-0.1, -0.05) is 32.9 Å². The van der Waals surface area contributed by atoms with Crippen LogP contribution in [0.15, 0.2) is 24.3 Å². The van der Waals surface area contributed by atoms with E-state index in [1.54, 1.807) is 20.8 Å². The van der Waals surface area contributed by atoms with Crippen LogP contribution in [0.1, 0.15) is 31.9 Å². The molecule has 0 saturated carbocycles. The average Bonchev–Trinajstić information content (AvgIpc) is 2.76. The number of amides is 1. The molecule has 1 fully saturated rings. The third-order valence-corrected chi connectivity index (χ3v) is 5.41. The van der Waals surface area contributed by atoms with Gasteiger partial charge in [-0.3, -0.25) is 4.18 Å². The monoisotopic (exact) mass is 365 g/mol. The summed E-state index contributed by atoms with van der Waals surface area (Å²) in [6.07, 6.45) is -5.74. The van der Waals surface area contributed by atoms with Gasteiger partial charge in [-0.05, 0) is 29.5 Å². The third-order valence-electron chi connectivity index (χ3n) is 4.28. The summed E-state index contributed by atoms with van der Waals surface area (Å²) in [6.45, 7) is 5.23. The van der Waals surface area contributed by atoms with Crippen molar-refractivity contribution in [1.29, 1.82) is 0 Å². The van der Waals surface area contributed by atoms with E-state index < -0.39 is 40.1 Å². The number of carboxylic acid groups (broad SMARTS) is 1. The fourth-order valence-corrected chi connectivity index (χ4v) is 3.91. The number of carbonyl (C=O) groups is 1. The third kappa shape index (κ3) is 3.27. The molecule has 5 nitrogen and oxygen atoms in total. The Kier molecular flexibility index (Phi) is 4.71. The summed E-state index contributed by atoms with van der Waals surface area (Å²) in [5.41, 5.74) is -2.08. The Morgan fingerprint density at radius 2 is 1.83 bits per heavy atom. The zero-order valence-corrected chi connectivity index (χ0v) is 14.2. The maximum atomic E-state index is 12.7. The Balaban J connectivity index is 2.41. The lowest BCUT2D eigenvalue weighted by Gasteiger charge is -2.44. The van der Waals surface area contributed by atoms with Crippen LogP contribution in [0.2, 0.25) is 0 Å². The van der Waals surface area contributed by atoms with Crippen LogP contribution in [0.4, 0.5) is 18.0 Å². The number of nitrogens with zero attached hydrogens (tertiary/aromatic N) is 1. The lowest BCUT2D eigenvalue weighted by Crippen LogP contribution is -2.58. The molecule has 0 spiro atoms. The van der Waals surface area contributed by atoms with Crippen molar-refractivity contribution in [2.24, 2.45) is 5.41 Å². The largest absolute Gasteiger partial charge is 0.464 e. The minimum Gasteiger partial charge on any atom is -0.464 e. The molecule has 9 heteroatoms. The van der Waals surface area contributed by atoms with E-state index in [0.717, 1.165) is 16.4 Å². The Hall–Kier alpha value is -1.61. The van der Waals surface area contributed by atoms with Gasteiger partial charge in [0, 0.05) is 0 Å². The molecule has 134 valence electrons. The summed E-state index contributed by atoms with van der Waals surface area (Å²) in [4.78, 5) is 11.6. The molecule has 0 radical (unpaired) electrons. The summed E-state index contributed by atoms with van der Waals surface area (Å²) in [5, 5.41) is 9.42. The Morgan fingerprint density at radius 1 is 1.29 bits per heavy atom. The highest BCUT2D eigenvalue weighted by Gasteiger charge is 2.57. The van der Waals surface area contributed by atoms with E-state index in [0.29, 0.717) is 5.56 Å². The SMILES string of the molecule is CC(C)(C)C1(Cc2ccc(C(F)(F)F)cc2)CO[S@@](=O)N1C(=O)O. The fraction of sp³-hybridized carbons (Fsp3) is 0.533. The molecule has 1 amide bonds. The highest BCUT2D eigenvalue weighted by molar-refractivity contribution is 7.78. The zero-order chi connectivity index (χ0) is 18.3. The van der Waals surface area contributed by atoms with Gasteiger partial charge in [0.15, 0.2) is 0 Å². The first-order valence-electron chi connectivity index (χ1n) is 7.13. The molecule has 2 rings (SSSR count). The van der Waals surface area contributed by atoms with Gasteiger partial charge < -0.3 is 5.11 Å². The summed E-state index contributed by atoms with van der Waals surface area (Å²) < 4.78 is 55.7. The van der Waals surface area contributed by atoms with E-state index >= 15 is 0 Å². The van der Waals surface area contributed by atoms with Gasteiger partial charge in [0.05, 0.1) is 17.7 Å². The van der Waals surface area contributed by atoms with Crippen molar-refractivity contribution in [3.05, 3.63) is 35.4 Å². The smallest absolute Gasteiger partial charge is 0.421 e. The van der Waals surface area contributed by atoms with Gasteiger partial charge in [-0.2, -0.15) is 17.5 Å². The van der Waals surface area contributed by atoms with E-state index in [1.165, 1.54) is 12.1 Å². The second-order valence-electron chi connectivity index (χ2n) is 6.71. The first-order chi connectivity index (χ1) is 10.9. The highest BCUT2D eigenvalue weighted by Crippen LogP contribution is 2.44. The van der Waals surface area contributed by atoms with Crippen LogP contribution in [-0.4, -0.2) is 31.9 Å². The maximum Gasteiger partial charge on any atom is 0.421 e. The zero-order valence-electron chi connectivity index (χ0n) is 13.4. The second-order valence-corrected chi connectivity index (χ2v) is 7.74. The molecule has 2 atom stereocenters. The number of benzene rings is 1. The molecule has 1 N–H and O–H groups in total. The fourth-order valence-electron chi connectivity index (χ4n) is 2.71.